The smallest absolute Gasteiger partial charge is 0.249 e. The monoisotopic (exact) mass is 457 g/mol. The Hall–Kier alpha value is -3.43. The molecule has 0 unspecified atom stereocenters. The van der Waals surface area contributed by atoms with Crippen molar-refractivity contribution in [3.8, 4) is 5.75 Å². The molecule has 2 rings (SSSR count). The molecule has 0 saturated carbocycles. The van der Waals surface area contributed by atoms with Gasteiger partial charge in [-0.15, -0.1) is 0 Å². The van der Waals surface area contributed by atoms with Crippen molar-refractivity contribution in [2.75, 3.05) is 52.4 Å². The van der Waals surface area contributed by atoms with E-state index in [0.29, 0.717) is 37.6 Å². The van der Waals surface area contributed by atoms with E-state index in [4.69, 9.17) is 14.2 Å². The van der Waals surface area contributed by atoms with Crippen LogP contribution in [0.4, 0.5) is 5.69 Å². The van der Waals surface area contributed by atoms with Crippen LogP contribution in [-0.2, 0) is 30.5 Å². The molecule has 0 aliphatic rings. The number of ether oxygens (including phenoxy) is 3. The normalized spacial score (nSPS) is 10.4. The number of carbonyl (C=O) groups is 3. The van der Waals surface area contributed by atoms with Crippen molar-refractivity contribution in [3.63, 3.8) is 0 Å². The van der Waals surface area contributed by atoms with Crippen LogP contribution in [0.2, 0.25) is 0 Å². The summed E-state index contributed by atoms with van der Waals surface area (Å²) in [7, 11) is 3.13. The van der Waals surface area contributed by atoms with Crippen LogP contribution in [0.15, 0.2) is 54.6 Å². The Morgan fingerprint density at radius 3 is 2.33 bits per heavy atom. The second kappa shape index (κ2) is 14.6. The maximum atomic E-state index is 12.6. The van der Waals surface area contributed by atoms with Gasteiger partial charge >= 0.3 is 0 Å². The lowest BCUT2D eigenvalue weighted by Gasteiger charge is -2.22. The molecule has 0 bridgehead atoms. The van der Waals surface area contributed by atoms with E-state index in [1.54, 1.807) is 38.5 Å². The number of nitrogens with one attached hydrogen (secondary N) is 2. The van der Waals surface area contributed by atoms with Gasteiger partial charge in [-0.3, -0.25) is 14.4 Å². The second-order valence-corrected chi connectivity index (χ2v) is 7.19. The molecule has 0 atom stereocenters. The lowest BCUT2D eigenvalue weighted by molar-refractivity contribution is -0.140. The van der Waals surface area contributed by atoms with Gasteiger partial charge in [-0.1, -0.05) is 30.3 Å². The number of methoxy groups -OCH3 is 2. The average Bonchev–Trinajstić information content (AvgIpc) is 2.83. The van der Waals surface area contributed by atoms with E-state index in [0.717, 1.165) is 5.56 Å². The molecule has 0 radical (unpaired) electrons. The Kier molecular flexibility index (Phi) is 11.4. The molecule has 33 heavy (non-hydrogen) atoms. The third kappa shape index (κ3) is 10.2. The molecular formula is C24H31N3O6. The van der Waals surface area contributed by atoms with E-state index in [-0.39, 0.29) is 31.5 Å². The third-order valence-electron chi connectivity index (χ3n) is 4.62. The van der Waals surface area contributed by atoms with Gasteiger partial charge in [-0.25, -0.2) is 0 Å². The minimum absolute atomic E-state index is 0.146. The third-order valence-corrected chi connectivity index (χ3v) is 4.62. The highest BCUT2D eigenvalue weighted by Gasteiger charge is 2.18. The Bertz CT molecular complexity index is 874. The zero-order valence-corrected chi connectivity index (χ0v) is 19.0. The fraction of sp³-hybridized carbons (Fsp3) is 0.375. The molecule has 3 amide bonds. The zero-order valence-electron chi connectivity index (χ0n) is 19.0. The summed E-state index contributed by atoms with van der Waals surface area (Å²) >= 11 is 0. The molecule has 0 aliphatic heterocycles. The highest BCUT2D eigenvalue weighted by Crippen LogP contribution is 2.14. The predicted octanol–water partition coefficient (Wildman–Crippen LogP) is 1.83. The number of anilines is 1. The van der Waals surface area contributed by atoms with Crippen LogP contribution in [-0.4, -0.2) is 69.7 Å². The van der Waals surface area contributed by atoms with E-state index in [2.05, 4.69) is 10.6 Å². The lowest BCUT2D eigenvalue weighted by Crippen LogP contribution is -2.44. The molecule has 0 spiro atoms. The molecule has 9 nitrogen and oxygen atoms in total. The van der Waals surface area contributed by atoms with Gasteiger partial charge in [0.25, 0.3) is 0 Å². The van der Waals surface area contributed by atoms with Crippen molar-refractivity contribution in [1.29, 1.82) is 0 Å². The van der Waals surface area contributed by atoms with Crippen LogP contribution in [0.25, 0.3) is 0 Å². The first-order chi connectivity index (χ1) is 16.0. The molecule has 0 saturated heterocycles. The topological polar surface area (TPSA) is 106 Å². The van der Waals surface area contributed by atoms with E-state index in [9.17, 15) is 14.4 Å². The average molecular weight is 458 g/mol. The number of benzene rings is 2. The highest BCUT2D eigenvalue weighted by molar-refractivity contribution is 5.95. The van der Waals surface area contributed by atoms with E-state index >= 15 is 0 Å². The Balaban J connectivity index is 1.79. The summed E-state index contributed by atoms with van der Waals surface area (Å²) in [5.74, 6) is -0.446. The van der Waals surface area contributed by atoms with Crippen LogP contribution in [0.5, 0.6) is 5.75 Å². The van der Waals surface area contributed by atoms with Gasteiger partial charge in [0.2, 0.25) is 17.7 Å². The largest absolute Gasteiger partial charge is 0.497 e. The van der Waals surface area contributed by atoms with Crippen molar-refractivity contribution in [1.82, 2.24) is 10.2 Å². The molecule has 0 heterocycles. The lowest BCUT2D eigenvalue weighted by atomic mass is 10.2. The Labute approximate surface area is 194 Å². The van der Waals surface area contributed by atoms with Crippen molar-refractivity contribution >= 4 is 23.4 Å². The summed E-state index contributed by atoms with van der Waals surface area (Å²) in [4.78, 5) is 38.4. The molecule has 2 N–H and O–H groups in total. The van der Waals surface area contributed by atoms with E-state index in [1.807, 2.05) is 30.3 Å². The van der Waals surface area contributed by atoms with E-state index < -0.39 is 5.91 Å². The van der Waals surface area contributed by atoms with Gasteiger partial charge in [0.1, 0.15) is 12.4 Å². The molecule has 178 valence electrons. The molecular weight excluding hydrogens is 426 g/mol. The Morgan fingerprint density at radius 1 is 0.939 bits per heavy atom. The van der Waals surface area contributed by atoms with Gasteiger partial charge in [-0.2, -0.15) is 0 Å². The number of carbonyl (C=O) groups excluding carboxylic acids is 3. The van der Waals surface area contributed by atoms with Gasteiger partial charge in [0, 0.05) is 25.9 Å². The zero-order chi connectivity index (χ0) is 23.9. The first-order valence-corrected chi connectivity index (χ1v) is 10.6. The van der Waals surface area contributed by atoms with Crippen molar-refractivity contribution < 1.29 is 28.6 Å². The molecule has 0 fully saturated rings. The van der Waals surface area contributed by atoms with Crippen LogP contribution in [0, 0.1) is 0 Å². The van der Waals surface area contributed by atoms with Crippen molar-refractivity contribution in [2.45, 2.75) is 13.0 Å². The number of amides is 3. The standard InChI is InChI=1S/C24H31N3O6/c1-31-14-6-13-27(24(30)18-33-17-19-7-4-3-5-8-19)16-23(29)25-15-22(28)26-20-9-11-21(32-2)12-10-20/h3-5,7-12H,6,13-18H2,1-2H3,(H,25,29)(H,26,28). The summed E-state index contributed by atoms with van der Waals surface area (Å²) in [5, 5.41) is 5.23. The van der Waals surface area contributed by atoms with Crippen LogP contribution < -0.4 is 15.4 Å². The molecule has 0 aromatic heterocycles. The van der Waals surface area contributed by atoms with E-state index in [1.165, 1.54) is 4.90 Å². The van der Waals surface area contributed by atoms with Crippen LogP contribution in [0.3, 0.4) is 0 Å². The number of hydrogen-bond acceptors (Lipinski definition) is 6. The molecule has 0 aliphatic carbocycles. The number of hydrogen-bond donors (Lipinski definition) is 2. The summed E-state index contributed by atoms with van der Waals surface area (Å²) in [6.45, 7) is 0.569. The summed E-state index contributed by atoms with van der Waals surface area (Å²) < 4.78 is 15.6. The number of nitrogens with zero attached hydrogens (tertiary/aromatic N) is 1. The highest BCUT2D eigenvalue weighted by atomic mass is 16.5. The van der Waals surface area contributed by atoms with Crippen LogP contribution >= 0.6 is 0 Å². The fourth-order valence-corrected chi connectivity index (χ4v) is 2.90. The van der Waals surface area contributed by atoms with Gasteiger partial charge in [0.05, 0.1) is 26.8 Å². The minimum Gasteiger partial charge on any atom is -0.497 e. The number of rotatable bonds is 14. The SMILES string of the molecule is COCCCN(CC(=O)NCC(=O)Nc1ccc(OC)cc1)C(=O)COCc1ccccc1. The maximum absolute atomic E-state index is 12.6. The van der Waals surface area contributed by atoms with Gasteiger partial charge < -0.3 is 29.7 Å². The first-order valence-electron chi connectivity index (χ1n) is 10.6. The summed E-state index contributed by atoms with van der Waals surface area (Å²) in [5.41, 5.74) is 1.54. The van der Waals surface area contributed by atoms with Crippen molar-refractivity contribution in [3.05, 3.63) is 60.2 Å². The second-order valence-electron chi connectivity index (χ2n) is 7.19. The van der Waals surface area contributed by atoms with Crippen LogP contribution in [0.1, 0.15) is 12.0 Å². The summed E-state index contributed by atoms with van der Waals surface area (Å²) in [6, 6.07) is 16.3. The minimum atomic E-state index is -0.436. The Morgan fingerprint density at radius 2 is 1.67 bits per heavy atom. The molecule has 2 aromatic rings. The molecule has 9 heteroatoms. The first kappa shape index (κ1) is 25.8. The molecule has 2 aromatic carbocycles. The predicted molar refractivity (Wildman–Crippen MR) is 124 cm³/mol. The maximum Gasteiger partial charge on any atom is 0.249 e. The summed E-state index contributed by atoms with van der Waals surface area (Å²) in [6.07, 6.45) is 0.576. The van der Waals surface area contributed by atoms with Gasteiger partial charge in [0.15, 0.2) is 0 Å². The fourth-order valence-electron chi connectivity index (χ4n) is 2.90. The van der Waals surface area contributed by atoms with Crippen molar-refractivity contribution in [2.24, 2.45) is 0 Å². The quantitative estimate of drug-likeness (QED) is 0.419. The van der Waals surface area contributed by atoms with Gasteiger partial charge in [-0.05, 0) is 36.2 Å².